The molecule has 3 aliphatic rings. The summed E-state index contributed by atoms with van der Waals surface area (Å²) in [4.78, 5) is 20.7. The summed E-state index contributed by atoms with van der Waals surface area (Å²) in [6.45, 7) is 3.76. The molecule has 1 amide bonds. The van der Waals surface area contributed by atoms with Crippen LogP contribution in [-0.2, 0) is 21.1 Å². The second-order valence-electron chi connectivity index (χ2n) is 8.02. The molecule has 0 aliphatic carbocycles. The van der Waals surface area contributed by atoms with Crippen molar-refractivity contribution in [3.8, 4) is 0 Å². The molecule has 0 aromatic carbocycles. The van der Waals surface area contributed by atoms with Gasteiger partial charge in [-0.25, -0.2) is 8.42 Å². The van der Waals surface area contributed by atoms with Crippen LogP contribution < -0.4 is 0 Å². The zero-order valence-electron chi connectivity index (χ0n) is 15.1. The van der Waals surface area contributed by atoms with E-state index in [9.17, 15) is 13.2 Å². The van der Waals surface area contributed by atoms with Gasteiger partial charge in [-0.2, -0.15) is 0 Å². The lowest BCUT2D eigenvalue weighted by molar-refractivity contribution is -0.136. The SMILES string of the molecule is O=C(Cc1cccnc1)N1CC2(C1)C(CN1CCCCC1)CCS2(=O)=O. The smallest absolute Gasteiger partial charge is 0.227 e. The van der Waals surface area contributed by atoms with E-state index in [0.29, 0.717) is 19.5 Å². The van der Waals surface area contributed by atoms with Gasteiger partial charge in [0.15, 0.2) is 9.84 Å². The predicted molar refractivity (Wildman–Crippen MR) is 99.4 cm³/mol. The molecule has 6 nitrogen and oxygen atoms in total. The fourth-order valence-electron chi connectivity index (χ4n) is 4.75. The molecular weight excluding hydrogens is 350 g/mol. The van der Waals surface area contributed by atoms with Crippen molar-refractivity contribution in [2.75, 3.05) is 38.5 Å². The van der Waals surface area contributed by atoms with Crippen LogP contribution in [-0.4, -0.2) is 72.3 Å². The maximum absolute atomic E-state index is 12.8. The molecule has 3 fully saturated rings. The summed E-state index contributed by atoms with van der Waals surface area (Å²) in [5.74, 6) is 0.436. The average Bonchev–Trinajstić information content (AvgIpc) is 2.86. The van der Waals surface area contributed by atoms with E-state index in [1.165, 1.54) is 19.3 Å². The Kier molecular flexibility index (Phi) is 4.77. The second-order valence-corrected chi connectivity index (χ2v) is 10.5. The van der Waals surface area contributed by atoms with E-state index in [-0.39, 0.29) is 17.6 Å². The fourth-order valence-corrected chi connectivity index (χ4v) is 7.16. The zero-order valence-corrected chi connectivity index (χ0v) is 16.0. The second kappa shape index (κ2) is 6.93. The molecule has 7 heteroatoms. The molecule has 0 N–H and O–H groups in total. The molecular formula is C19H27N3O3S. The van der Waals surface area contributed by atoms with Crippen molar-refractivity contribution in [3.05, 3.63) is 30.1 Å². The van der Waals surface area contributed by atoms with Crippen LogP contribution in [0.15, 0.2) is 24.5 Å². The van der Waals surface area contributed by atoms with Gasteiger partial charge in [-0.05, 0) is 49.9 Å². The van der Waals surface area contributed by atoms with Crippen LogP contribution in [0.2, 0.25) is 0 Å². The molecule has 1 spiro atoms. The van der Waals surface area contributed by atoms with Crippen LogP contribution in [0.3, 0.4) is 0 Å². The number of aromatic nitrogens is 1. The Morgan fingerprint density at radius 3 is 2.69 bits per heavy atom. The molecule has 1 atom stereocenters. The molecule has 3 aliphatic heterocycles. The fraction of sp³-hybridized carbons (Fsp3) is 0.684. The third kappa shape index (κ3) is 3.16. The van der Waals surface area contributed by atoms with E-state index >= 15 is 0 Å². The topological polar surface area (TPSA) is 70.6 Å². The molecule has 0 bridgehead atoms. The normalized spacial score (nSPS) is 27.4. The van der Waals surface area contributed by atoms with Gasteiger partial charge in [0.2, 0.25) is 5.91 Å². The number of hydrogen-bond donors (Lipinski definition) is 0. The van der Waals surface area contributed by atoms with Crippen LogP contribution >= 0.6 is 0 Å². The Morgan fingerprint density at radius 1 is 1.23 bits per heavy atom. The minimum absolute atomic E-state index is 0.00227. The first-order valence-corrected chi connectivity index (χ1v) is 11.3. The van der Waals surface area contributed by atoms with Crippen LogP contribution in [0.5, 0.6) is 0 Å². The number of carbonyl (C=O) groups is 1. The predicted octanol–water partition coefficient (Wildman–Crippen LogP) is 1.13. The summed E-state index contributed by atoms with van der Waals surface area (Å²) in [6, 6.07) is 3.70. The summed E-state index contributed by atoms with van der Waals surface area (Å²) >= 11 is 0. The number of piperidine rings is 1. The zero-order chi connectivity index (χ0) is 18.2. The summed E-state index contributed by atoms with van der Waals surface area (Å²) in [6.07, 6.45) is 8.11. The van der Waals surface area contributed by atoms with Gasteiger partial charge in [0.25, 0.3) is 0 Å². The van der Waals surface area contributed by atoms with E-state index in [0.717, 1.165) is 31.6 Å². The number of nitrogens with zero attached hydrogens (tertiary/aromatic N) is 3. The van der Waals surface area contributed by atoms with Crippen LogP contribution in [0.4, 0.5) is 0 Å². The monoisotopic (exact) mass is 377 g/mol. The van der Waals surface area contributed by atoms with Crippen molar-refractivity contribution in [1.82, 2.24) is 14.8 Å². The first-order chi connectivity index (χ1) is 12.5. The van der Waals surface area contributed by atoms with E-state index in [4.69, 9.17) is 0 Å². The highest BCUT2D eigenvalue weighted by molar-refractivity contribution is 7.93. The third-order valence-corrected chi connectivity index (χ3v) is 8.98. The summed E-state index contributed by atoms with van der Waals surface area (Å²) in [5, 5.41) is 0. The van der Waals surface area contributed by atoms with E-state index in [1.54, 1.807) is 17.3 Å². The largest absolute Gasteiger partial charge is 0.339 e. The Balaban J connectivity index is 1.42. The van der Waals surface area contributed by atoms with Gasteiger partial charge in [0, 0.05) is 32.0 Å². The summed E-state index contributed by atoms with van der Waals surface area (Å²) in [5.41, 5.74) is 0.873. The standard InChI is InChI=1S/C19H27N3O3S/c23-18(11-16-5-4-7-20-12-16)22-14-19(15-22)17(6-10-26(19,24)25)13-21-8-2-1-3-9-21/h4-5,7,12,17H,1-3,6,8-11,13-15H2. The van der Waals surface area contributed by atoms with Crippen molar-refractivity contribution in [1.29, 1.82) is 0 Å². The van der Waals surface area contributed by atoms with Crippen molar-refractivity contribution < 1.29 is 13.2 Å². The molecule has 1 aromatic heterocycles. The molecule has 4 heterocycles. The first kappa shape index (κ1) is 17.9. The lowest BCUT2D eigenvalue weighted by atomic mass is 9.82. The highest BCUT2D eigenvalue weighted by Crippen LogP contribution is 2.45. The Bertz CT molecular complexity index is 753. The van der Waals surface area contributed by atoms with Gasteiger partial charge >= 0.3 is 0 Å². The van der Waals surface area contributed by atoms with Crippen LogP contribution in [0, 0.1) is 5.92 Å². The summed E-state index contributed by atoms with van der Waals surface area (Å²) in [7, 11) is -3.12. The minimum Gasteiger partial charge on any atom is -0.339 e. The van der Waals surface area contributed by atoms with Crippen molar-refractivity contribution in [2.24, 2.45) is 5.92 Å². The van der Waals surface area contributed by atoms with Crippen molar-refractivity contribution in [2.45, 2.75) is 36.9 Å². The van der Waals surface area contributed by atoms with Gasteiger partial charge in [-0.1, -0.05) is 12.5 Å². The molecule has 1 unspecified atom stereocenters. The first-order valence-electron chi connectivity index (χ1n) is 9.61. The quantitative estimate of drug-likeness (QED) is 0.787. The van der Waals surface area contributed by atoms with Crippen LogP contribution in [0.25, 0.3) is 0 Å². The number of amides is 1. The van der Waals surface area contributed by atoms with E-state index < -0.39 is 14.6 Å². The van der Waals surface area contributed by atoms with E-state index in [1.807, 2.05) is 12.1 Å². The van der Waals surface area contributed by atoms with Gasteiger partial charge in [-0.3, -0.25) is 9.78 Å². The molecule has 142 valence electrons. The molecule has 3 saturated heterocycles. The van der Waals surface area contributed by atoms with Crippen LogP contribution in [0.1, 0.15) is 31.2 Å². The van der Waals surface area contributed by atoms with Gasteiger partial charge in [-0.15, -0.1) is 0 Å². The lowest BCUT2D eigenvalue weighted by Gasteiger charge is -2.51. The maximum atomic E-state index is 12.8. The maximum Gasteiger partial charge on any atom is 0.227 e. The Labute approximate surface area is 155 Å². The average molecular weight is 378 g/mol. The van der Waals surface area contributed by atoms with Crippen molar-refractivity contribution >= 4 is 15.7 Å². The number of carbonyl (C=O) groups excluding carboxylic acids is 1. The lowest BCUT2D eigenvalue weighted by Crippen LogP contribution is -2.69. The third-order valence-electron chi connectivity index (χ3n) is 6.37. The Hall–Kier alpha value is -1.47. The molecule has 1 aromatic rings. The molecule has 4 rings (SSSR count). The van der Waals surface area contributed by atoms with Crippen molar-refractivity contribution in [3.63, 3.8) is 0 Å². The molecule has 26 heavy (non-hydrogen) atoms. The highest BCUT2D eigenvalue weighted by atomic mass is 32.2. The van der Waals surface area contributed by atoms with Gasteiger partial charge < -0.3 is 9.80 Å². The van der Waals surface area contributed by atoms with Gasteiger partial charge in [0.1, 0.15) is 4.75 Å². The molecule has 0 saturated carbocycles. The number of rotatable bonds is 4. The number of hydrogen-bond acceptors (Lipinski definition) is 5. The minimum atomic E-state index is -3.12. The number of sulfone groups is 1. The molecule has 0 radical (unpaired) electrons. The summed E-state index contributed by atoms with van der Waals surface area (Å²) < 4.78 is 24.9. The highest BCUT2D eigenvalue weighted by Gasteiger charge is 2.62. The van der Waals surface area contributed by atoms with Gasteiger partial charge in [0.05, 0.1) is 12.2 Å². The van der Waals surface area contributed by atoms with E-state index in [2.05, 4.69) is 9.88 Å². The number of likely N-dealkylation sites (tertiary alicyclic amines) is 2. The number of pyridine rings is 1. The Morgan fingerprint density at radius 2 is 2.00 bits per heavy atom.